The Kier molecular flexibility index (Phi) is 3.56. The summed E-state index contributed by atoms with van der Waals surface area (Å²) in [6.45, 7) is 6.01. The molecular formula is C20H20. The molecule has 0 spiro atoms. The Morgan fingerprint density at radius 2 is 1.85 bits per heavy atom. The van der Waals surface area contributed by atoms with Gasteiger partial charge in [0.05, 0.1) is 0 Å². The zero-order valence-corrected chi connectivity index (χ0v) is 12.0. The van der Waals surface area contributed by atoms with E-state index in [1.54, 1.807) is 0 Å². The second-order valence-electron chi connectivity index (χ2n) is 5.42. The van der Waals surface area contributed by atoms with Crippen LogP contribution in [0.2, 0.25) is 0 Å². The van der Waals surface area contributed by atoms with Crippen LogP contribution in [0.1, 0.15) is 36.5 Å². The molecule has 0 unspecified atom stereocenters. The molecule has 0 fully saturated rings. The number of hydrogen-bond acceptors (Lipinski definition) is 0. The molecule has 20 heavy (non-hydrogen) atoms. The van der Waals surface area contributed by atoms with Crippen LogP contribution in [0.3, 0.4) is 0 Å². The molecular weight excluding hydrogens is 240 g/mol. The Bertz CT molecular complexity index is 674. The van der Waals surface area contributed by atoms with Crippen molar-refractivity contribution in [3.05, 3.63) is 77.9 Å². The van der Waals surface area contributed by atoms with Crippen LogP contribution in [0, 0.1) is 0 Å². The van der Waals surface area contributed by atoms with Gasteiger partial charge in [0.15, 0.2) is 0 Å². The van der Waals surface area contributed by atoms with Crippen molar-refractivity contribution < 1.29 is 0 Å². The molecule has 0 heteroatoms. The van der Waals surface area contributed by atoms with E-state index in [4.69, 9.17) is 0 Å². The molecule has 0 radical (unpaired) electrons. The molecule has 0 nitrogen and oxygen atoms in total. The van der Waals surface area contributed by atoms with Crippen LogP contribution in [-0.2, 0) is 6.42 Å². The zero-order chi connectivity index (χ0) is 13.9. The number of unbranched alkanes of at least 4 members (excludes halogenated alkanes) is 1. The summed E-state index contributed by atoms with van der Waals surface area (Å²) in [7, 11) is 0. The minimum absolute atomic E-state index is 1.05. The van der Waals surface area contributed by atoms with Gasteiger partial charge in [-0.25, -0.2) is 0 Å². The summed E-state index contributed by atoms with van der Waals surface area (Å²) in [5, 5.41) is 0. The molecule has 0 atom stereocenters. The third-order valence-corrected chi connectivity index (χ3v) is 4.10. The Morgan fingerprint density at radius 3 is 2.70 bits per heavy atom. The first-order valence-electron chi connectivity index (χ1n) is 7.29. The molecule has 0 saturated carbocycles. The van der Waals surface area contributed by atoms with Gasteiger partial charge < -0.3 is 0 Å². The quantitative estimate of drug-likeness (QED) is 0.421. The Morgan fingerprint density at radius 1 is 1.05 bits per heavy atom. The fourth-order valence-electron chi connectivity index (χ4n) is 3.05. The van der Waals surface area contributed by atoms with Crippen LogP contribution in [0.25, 0.3) is 16.7 Å². The Balaban J connectivity index is 2.01. The van der Waals surface area contributed by atoms with Gasteiger partial charge >= 0.3 is 0 Å². The standard InChI is InChI=1S/C20H20/c1-3-4-5-9-15(2)17-12-8-13-19-18-11-7-6-10-16(18)14-20(17)19/h3,6-13H,1,4-5,14H2,2H3. The van der Waals surface area contributed by atoms with Gasteiger partial charge in [-0.1, -0.05) is 54.6 Å². The SMILES string of the molecule is C=CCCC=C(C)c1cccc2c1Cc1ccccc1-2. The topological polar surface area (TPSA) is 0 Å². The average molecular weight is 260 g/mol. The van der Waals surface area contributed by atoms with Crippen LogP contribution in [0.4, 0.5) is 0 Å². The molecule has 0 heterocycles. The number of benzene rings is 2. The molecule has 1 aliphatic rings. The summed E-state index contributed by atoms with van der Waals surface area (Å²) in [5.41, 5.74) is 8.55. The smallest absolute Gasteiger partial charge is 0.000741 e. The van der Waals surface area contributed by atoms with E-state index in [2.05, 4.69) is 62.0 Å². The van der Waals surface area contributed by atoms with Gasteiger partial charge in [0.2, 0.25) is 0 Å². The minimum atomic E-state index is 1.05. The molecule has 0 N–H and O–H groups in total. The minimum Gasteiger partial charge on any atom is -0.103 e. The van der Waals surface area contributed by atoms with Gasteiger partial charge in [-0.15, -0.1) is 6.58 Å². The number of fused-ring (bicyclic) bond motifs is 3. The van der Waals surface area contributed by atoms with Crippen molar-refractivity contribution >= 4 is 5.57 Å². The van der Waals surface area contributed by atoms with Crippen molar-refractivity contribution in [3.8, 4) is 11.1 Å². The van der Waals surface area contributed by atoms with Crippen molar-refractivity contribution in [3.63, 3.8) is 0 Å². The highest BCUT2D eigenvalue weighted by Gasteiger charge is 2.20. The molecule has 2 aromatic rings. The van der Waals surface area contributed by atoms with Crippen LogP contribution in [-0.4, -0.2) is 0 Å². The van der Waals surface area contributed by atoms with E-state index >= 15 is 0 Å². The van der Waals surface area contributed by atoms with E-state index in [-0.39, 0.29) is 0 Å². The molecule has 0 bridgehead atoms. The van der Waals surface area contributed by atoms with Gasteiger partial charge in [-0.05, 0) is 59.6 Å². The predicted octanol–water partition coefficient (Wildman–Crippen LogP) is 5.63. The average Bonchev–Trinajstić information content (AvgIpc) is 2.86. The maximum Gasteiger partial charge on any atom is -0.000741 e. The lowest BCUT2D eigenvalue weighted by atomic mass is 9.96. The van der Waals surface area contributed by atoms with Gasteiger partial charge in [0, 0.05) is 0 Å². The Hall–Kier alpha value is -2.08. The summed E-state index contributed by atoms with van der Waals surface area (Å²) in [5.74, 6) is 0. The largest absolute Gasteiger partial charge is 0.103 e. The fraction of sp³-hybridized carbons (Fsp3) is 0.200. The van der Waals surface area contributed by atoms with Crippen LogP contribution >= 0.6 is 0 Å². The first-order valence-corrected chi connectivity index (χ1v) is 7.29. The van der Waals surface area contributed by atoms with Gasteiger partial charge in [-0.3, -0.25) is 0 Å². The van der Waals surface area contributed by atoms with E-state index in [0.29, 0.717) is 0 Å². The lowest BCUT2D eigenvalue weighted by Gasteiger charge is -2.09. The van der Waals surface area contributed by atoms with Crippen LogP contribution in [0.5, 0.6) is 0 Å². The number of hydrogen-bond donors (Lipinski definition) is 0. The van der Waals surface area contributed by atoms with E-state index in [1.165, 1.54) is 33.4 Å². The number of allylic oxidation sites excluding steroid dienone is 3. The van der Waals surface area contributed by atoms with Crippen LogP contribution in [0.15, 0.2) is 61.2 Å². The van der Waals surface area contributed by atoms with E-state index < -0.39 is 0 Å². The molecule has 3 rings (SSSR count). The van der Waals surface area contributed by atoms with Crippen molar-refractivity contribution in [1.82, 2.24) is 0 Å². The fourth-order valence-corrected chi connectivity index (χ4v) is 3.05. The molecule has 2 aromatic carbocycles. The first-order chi connectivity index (χ1) is 9.81. The van der Waals surface area contributed by atoms with Crippen molar-refractivity contribution in [2.75, 3.05) is 0 Å². The van der Waals surface area contributed by atoms with Gasteiger partial charge in [0.1, 0.15) is 0 Å². The Labute approximate surface area is 121 Å². The second kappa shape index (κ2) is 5.50. The summed E-state index contributed by atoms with van der Waals surface area (Å²) in [4.78, 5) is 0. The van der Waals surface area contributed by atoms with Gasteiger partial charge in [-0.2, -0.15) is 0 Å². The van der Waals surface area contributed by atoms with E-state index in [0.717, 1.165) is 19.3 Å². The zero-order valence-electron chi connectivity index (χ0n) is 12.0. The van der Waals surface area contributed by atoms with Crippen molar-refractivity contribution in [2.45, 2.75) is 26.2 Å². The monoisotopic (exact) mass is 260 g/mol. The van der Waals surface area contributed by atoms with Crippen molar-refractivity contribution in [2.24, 2.45) is 0 Å². The summed E-state index contributed by atoms with van der Waals surface area (Å²) >= 11 is 0. The summed E-state index contributed by atoms with van der Waals surface area (Å²) in [6, 6.07) is 15.4. The molecule has 1 aliphatic carbocycles. The van der Waals surface area contributed by atoms with Crippen molar-refractivity contribution in [1.29, 1.82) is 0 Å². The lowest BCUT2D eigenvalue weighted by molar-refractivity contribution is 1.05. The third kappa shape index (κ3) is 2.22. The molecule has 0 amide bonds. The number of rotatable bonds is 4. The molecule has 0 aliphatic heterocycles. The lowest BCUT2D eigenvalue weighted by Crippen LogP contribution is -1.90. The van der Waals surface area contributed by atoms with E-state index in [1.807, 2.05) is 6.08 Å². The molecule has 0 saturated heterocycles. The second-order valence-corrected chi connectivity index (χ2v) is 5.42. The maximum atomic E-state index is 3.79. The normalized spacial score (nSPS) is 12.9. The van der Waals surface area contributed by atoms with E-state index in [9.17, 15) is 0 Å². The highest BCUT2D eigenvalue weighted by Crippen LogP contribution is 2.39. The highest BCUT2D eigenvalue weighted by molar-refractivity contribution is 5.82. The van der Waals surface area contributed by atoms with Gasteiger partial charge in [0.25, 0.3) is 0 Å². The predicted molar refractivity (Wildman–Crippen MR) is 87.8 cm³/mol. The maximum absolute atomic E-state index is 3.79. The van der Waals surface area contributed by atoms with Crippen LogP contribution < -0.4 is 0 Å². The first kappa shape index (κ1) is 12.9. The highest BCUT2D eigenvalue weighted by atomic mass is 14.2. The molecule has 0 aromatic heterocycles. The molecule has 100 valence electrons. The summed E-state index contributed by atoms with van der Waals surface area (Å²) < 4.78 is 0. The third-order valence-electron chi connectivity index (χ3n) is 4.10. The summed E-state index contributed by atoms with van der Waals surface area (Å²) in [6.07, 6.45) is 7.50.